The van der Waals surface area contributed by atoms with Crippen LogP contribution >= 0.6 is 0 Å². The fraction of sp³-hybridized carbons (Fsp3) is 0.350. The molecule has 0 aliphatic carbocycles. The number of piperazine rings is 1. The van der Waals surface area contributed by atoms with Gasteiger partial charge in [-0.15, -0.1) is 0 Å². The minimum atomic E-state index is -0.123. The molecule has 4 nitrogen and oxygen atoms in total. The molecule has 1 aliphatic heterocycles. The molecule has 1 atom stereocenters. The SMILES string of the molecule is CC(C(=O)NC(c1ccccc1)c1ccccc1)N1CCNCC1. The van der Waals surface area contributed by atoms with Gasteiger partial charge < -0.3 is 10.6 Å². The van der Waals surface area contributed by atoms with E-state index in [-0.39, 0.29) is 18.0 Å². The molecule has 0 saturated carbocycles. The Morgan fingerprint density at radius 3 is 1.96 bits per heavy atom. The number of amides is 1. The third-order valence-electron chi connectivity index (χ3n) is 4.63. The molecule has 1 saturated heterocycles. The number of benzene rings is 2. The first-order valence-corrected chi connectivity index (χ1v) is 8.61. The molecular weight excluding hydrogens is 298 g/mol. The van der Waals surface area contributed by atoms with Crippen molar-refractivity contribution in [1.82, 2.24) is 15.5 Å². The Labute approximate surface area is 143 Å². The van der Waals surface area contributed by atoms with Gasteiger partial charge in [0.25, 0.3) is 0 Å². The molecular formula is C20H25N3O. The zero-order chi connectivity index (χ0) is 16.8. The van der Waals surface area contributed by atoms with E-state index in [1.165, 1.54) is 0 Å². The third kappa shape index (κ3) is 4.02. The van der Waals surface area contributed by atoms with Crippen LogP contribution in [0.15, 0.2) is 60.7 Å². The van der Waals surface area contributed by atoms with Crippen molar-refractivity contribution in [2.45, 2.75) is 19.0 Å². The van der Waals surface area contributed by atoms with Crippen molar-refractivity contribution in [1.29, 1.82) is 0 Å². The highest BCUT2D eigenvalue weighted by atomic mass is 16.2. The van der Waals surface area contributed by atoms with Crippen LogP contribution in [0.25, 0.3) is 0 Å². The lowest BCUT2D eigenvalue weighted by Gasteiger charge is -2.33. The molecule has 1 heterocycles. The minimum absolute atomic E-state index is 0.0783. The lowest BCUT2D eigenvalue weighted by molar-refractivity contribution is -0.126. The predicted octanol–water partition coefficient (Wildman–Crippen LogP) is 2.19. The Morgan fingerprint density at radius 2 is 1.46 bits per heavy atom. The van der Waals surface area contributed by atoms with E-state index < -0.39 is 0 Å². The van der Waals surface area contributed by atoms with Gasteiger partial charge in [0.1, 0.15) is 0 Å². The smallest absolute Gasteiger partial charge is 0.237 e. The summed E-state index contributed by atoms with van der Waals surface area (Å²) in [4.78, 5) is 15.1. The molecule has 1 unspecified atom stereocenters. The molecule has 1 aliphatic rings. The van der Waals surface area contributed by atoms with E-state index in [9.17, 15) is 4.79 Å². The molecule has 2 aromatic carbocycles. The van der Waals surface area contributed by atoms with Gasteiger partial charge in [-0.2, -0.15) is 0 Å². The topological polar surface area (TPSA) is 44.4 Å². The average molecular weight is 323 g/mol. The summed E-state index contributed by atoms with van der Waals surface area (Å²) in [5.74, 6) is 0.0783. The van der Waals surface area contributed by atoms with Crippen LogP contribution in [0.5, 0.6) is 0 Å². The molecule has 1 amide bonds. The van der Waals surface area contributed by atoms with E-state index in [4.69, 9.17) is 0 Å². The van der Waals surface area contributed by atoms with Crippen molar-refractivity contribution in [3.05, 3.63) is 71.8 Å². The molecule has 0 radical (unpaired) electrons. The van der Waals surface area contributed by atoms with Gasteiger partial charge in [-0.3, -0.25) is 9.69 Å². The maximum absolute atomic E-state index is 12.8. The first-order chi connectivity index (χ1) is 11.8. The Kier molecular flexibility index (Phi) is 5.62. The third-order valence-corrected chi connectivity index (χ3v) is 4.63. The fourth-order valence-corrected chi connectivity index (χ4v) is 3.15. The molecule has 4 heteroatoms. The molecule has 24 heavy (non-hydrogen) atoms. The van der Waals surface area contributed by atoms with Crippen molar-refractivity contribution in [3.63, 3.8) is 0 Å². The Hall–Kier alpha value is -2.17. The Morgan fingerprint density at radius 1 is 0.958 bits per heavy atom. The van der Waals surface area contributed by atoms with Gasteiger partial charge in [-0.25, -0.2) is 0 Å². The molecule has 3 rings (SSSR count). The van der Waals surface area contributed by atoms with E-state index in [0.717, 1.165) is 37.3 Å². The molecule has 0 spiro atoms. The highest BCUT2D eigenvalue weighted by Crippen LogP contribution is 2.22. The average Bonchev–Trinajstić information content (AvgIpc) is 2.67. The Bertz CT molecular complexity index is 599. The van der Waals surface area contributed by atoms with Gasteiger partial charge in [0.05, 0.1) is 12.1 Å². The predicted molar refractivity (Wildman–Crippen MR) is 96.8 cm³/mol. The first kappa shape index (κ1) is 16.7. The van der Waals surface area contributed by atoms with Crippen LogP contribution in [-0.2, 0) is 4.79 Å². The maximum atomic E-state index is 12.8. The van der Waals surface area contributed by atoms with Crippen molar-refractivity contribution < 1.29 is 4.79 Å². The largest absolute Gasteiger partial charge is 0.344 e. The zero-order valence-electron chi connectivity index (χ0n) is 14.1. The quantitative estimate of drug-likeness (QED) is 0.886. The zero-order valence-corrected chi connectivity index (χ0v) is 14.1. The second kappa shape index (κ2) is 8.08. The molecule has 0 bridgehead atoms. The van der Waals surface area contributed by atoms with Crippen LogP contribution in [-0.4, -0.2) is 43.0 Å². The monoisotopic (exact) mass is 323 g/mol. The summed E-state index contributed by atoms with van der Waals surface area (Å²) >= 11 is 0. The van der Waals surface area contributed by atoms with Gasteiger partial charge in [0.15, 0.2) is 0 Å². The van der Waals surface area contributed by atoms with Gasteiger partial charge in [-0.1, -0.05) is 60.7 Å². The maximum Gasteiger partial charge on any atom is 0.237 e. The van der Waals surface area contributed by atoms with Crippen molar-refractivity contribution in [2.75, 3.05) is 26.2 Å². The summed E-state index contributed by atoms with van der Waals surface area (Å²) in [7, 11) is 0. The lowest BCUT2D eigenvalue weighted by Crippen LogP contribution is -2.53. The number of carbonyl (C=O) groups excluding carboxylic acids is 1. The van der Waals surface area contributed by atoms with Gasteiger partial charge in [0, 0.05) is 26.2 Å². The summed E-state index contributed by atoms with van der Waals surface area (Å²) in [6, 6.07) is 20.0. The fourth-order valence-electron chi connectivity index (χ4n) is 3.15. The summed E-state index contributed by atoms with van der Waals surface area (Å²) in [5.41, 5.74) is 2.20. The molecule has 2 aromatic rings. The van der Waals surface area contributed by atoms with E-state index >= 15 is 0 Å². The van der Waals surface area contributed by atoms with E-state index in [1.54, 1.807) is 0 Å². The van der Waals surface area contributed by atoms with E-state index in [2.05, 4.69) is 39.8 Å². The van der Waals surface area contributed by atoms with Crippen molar-refractivity contribution >= 4 is 5.91 Å². The first-order valence-electron chi connectivity index (χ1n) is 8.61. The number of nitrogens with one attached hydrogen (secondary N) is 2. The van der Waals surface area contributed by atoms with Crippen LogP contribution < -0.4 is 10.6 Å². The highest BCUT2D eigenvalue weighted by molar-refractivity contribution is 5.82. The van der Waals surface area contributed by atoms with Gasteiger partial charge >= 0.3 is 0 Å². The highest BCUT2D eigenvalue weighted by Gasteiger charge is 2.25. The van der Waals surface area contributed by atoms with Crippen molar-refractivity contribution in [2.24, 2.45) is 0 Å². The van der Waals surface area contributed by atoms with E-state index in [0.29, 0.717) is 0 Å². The molecule has 2 N–H and O–H groups in total. The second-order valence-corrected chi connectivity index (χ2v) is 6.22. The van der Waals surface area contributed by atoms with Crippen LogP contribution in [0.4, 0.5) is 0 Å². The normalized spacial score (nSPS) is 16.8. The Balaban J connectivity index is 1.77. The van der Waals surface area contributed by atoms with Crippen LogP contribution in [0, 0.1) is 0 Å². The van der Waals surface area contributed by atoms with Gasteiger partial charge in [-0.05, 0) is 18.1 Å². The minimum Gasteiger partial charge on any atom is -0.344 e. The number of carbonyl (C=O) groups is 1. The molecule has 0 aromatic heterocycles. The summed E-state index contributed by atoms with van der Waals surface area (Å²) in [5, 5.41) is 6.57. The number of rotatable bonds is 5. The molecule has 1 fully saturated rings. The van der Waals surface area contributed by atoms with Crippen LogP contribution in [0.3, 0.4) is 0 Å². The molecule has 126 valence electrons. The summed E-state index contributed by atoms with van der Waals surface area (Å²) in [6.07, 6.45) is 0. The summed E-state index contributed by atoms with van der Waals surface area (Å²) < 4.78 is 0. The standard InChI is InChI=1S/C20H25N3O/c1-16(23-14-12-21-13-15-23)20(24)22-19(17-8-4-2-5-9-17)18-10-6-3-7-11-18/h2-11,16,19,21H,12-15H2,1H3,(H,22,24). The second-order valence-electron chi connectivity index (χ2n) is 6.22. The van der Waals surface area contributed by atoms with E-state index in [1.807, 2.05) is 43.3 Å². The van der Waals surface area contributed by atoms with Crippen LogP contribution in [0.1, 0.15) is 24.1 Å². The summed E-state index contributed by atoms with van der Waals surface area (Å²) in [6.45, 7) is 5.70. The van der Waals surface area contributed by atoms with Gasteiger partial charge in [0.2, 0.25) is 5.91 Å². The number of hydrogen-bond acceptors (Lipinski definition) is 3. The number of nitrogens with zero attached hydrogens (tertiary/aromatic N) is 1. The number of hydrogen-bond donors (Lipinski definition) is 2. The lowest BCUT2D eigenvalue weighted by atomic mass is 9.98. The van der Waals surface area contributed by atoms with Crippen LogP contribution in [0.2, 0.25) is 0 Å². The van der Waals surface area contributed by atoms with Crippen molar-refractivity contribution in [3.8, 4) is 0 Å².